The summed E-state index contributed by atoms with van der Waals surface area (Å²) in [5.74, 6) is 1.20. The molecule has 0 unspecified atom stereocenters. The smallest absolute Gasteiger partial charge is 0.261 e. The second-order valence-electron chi connectivity index (χ2n) is 5.68. The normalized spacial score (nSPS) is 19.4. The maximum absolute atomic E-state index is 12.3. The van der Waals surface area contributed by atoms with E-state index in [9.17, 15) is 9.59 Å². The second-order valence-corrected chi connectivity index (χ2v) is 6.63. The second kappa shape index (κ2) is 6.16. The summed E-state index contributed by atoms with van der Waals surface area (Å²) in [6, 6.07) is 8.88. The van der Waals surface area contributed by atoms with Gasteiger partial charge in [0.1, 0.15) is 13.2 Å². The van der Waals surface area contributed by atoms with Crippen molar-refractivity contribution in [3.8, 4) is 11.5 Å². The highest BCUT2D eigenvalue weighted by atomic mass is 32.1. The summed E-state index contributed by atoms with van der Waals surface area (Å²) in [6.07, 6.45) is 0.297. The average molecular weight is 344 g/mol. The van der Waals surface area contributed by atoms with Crippen molar-refractivity contribution in [1.29, 1.82) is 0 Å². The van der Waals surface area contributed by atoms with E-state index in [1.165, 1.54) is 11.3 Å². The highest BCUT2D eigenvalue weighted by Crippen LogP contribution is 2.35. The molecular formula is C17H16N2O4S. The Morgan fingerprint density at radius 1 is 1.21 bits per heavy atom. The topological polar surface area (TPSA) is 67.9 Å². The summed E-state index contributed by atoms with van der Waals surface area (Å²) in [4.78, 5) is 26.8. The van der Waals surface area contributed by atoms with Gasteiger partial charge in [0.05, 0.1) is 10.9 Å². The number of ether oxygens (including phenoxy) is 2. The fraction of sp³-hybridized carbons (Fsp3) is 0.294. The summed E-state index contributed by atoms with van der Waals surface area (Å²) in [5.41, 5.74) is 0.761. The van der Waals surface area contributed by atoms with Gasteiger partial charge in [-0.05, 0) is 23.6 Å². The Balaban J connectivity index is 1.47. The first kappa shape index (κ1) is 15.0. The molecule has 1 aromatic carbocycles. The van der Waals surface area contributed by atoms with E-state index in [0.29, 0.717) is 42.6 Å². The minimum absolute atomic E-state index is 0.0110. The van der Waals surface area contributed by atoms with E-state index in [0.717, 1.165) is 5.69 Å². The zero-order valence-corrected chi connectivity index (χ0v) is 13.7. The van der Waals surface area contributed by atoms with Crippen molar-refractivity contribution in [1.82, 2.24) is 5.32 Å². The van der Waals surface area contributed by atoms with Gasteiger partial charge in [-0.15, -0.1) is 11.3 Å². The average Bonchev–Trinajstić information content (AvgIpc) is 3.24. The van der Waals surface area contributed by atoms with E-state index in [1.54, 1.807) is 11.0 Å². The number of amides is 2. The van der Waals surface area contributed by atoms with Crippen LogP contribution in [0.15, 0.2) is 35.7 Å². The summed E-state index contributed by atoms with van der Waals surface area (Å²) < 4.78 is 11.1. The third-order valence-electron chi connectivity index (χ3n) is 4.04. The van der Waals surface area contributed by atoms with Crippen molar-refractivity contribution in [2.75, 3.05) is 24.7 Å². The van der Waals surface area contributed by atoms with Gasteiger partial charge in [-0.25, -0.2) is 0 Å². The van der Waals surface area contributed by atoms with Crippen LogP contribution in [-0.2, 0) is 4.79 Å². The largest absolute Gasteiger partial charge is 0.486 e. The molecule has 0 spiro atoms. The van der Waals surface area contributed by atoms with Crippen molar-refractivity contribution in [3.05, 3.63) is 40.6 Å². The molecule has 1 fully saturated rings. The predicted octanol–water partition coefficient (Wildman–Crippen LogP) is 2.05. The molecule has 1 atom stereocenters. The van der Waals surface area contributed by atoms with Gasteiger partial charge in [0.2, 0.25) is 5.91 Å². The van der Waals surface area contributed by atoms with Gasteiger partial charge < -0.3 is 19.7 Å². The van der Waals surface area contributed by atoms with Gasteiger partial charge >= 0.3 is 0 Å². The molecule has 0 bridgehead atoms. The Labute approximate surface area is 143 Å². The van der Waals surface area contributed by atoms with Crippen molar-refractivity contribution in [3.63, 3.8) is 0 Å². The van der Waals surface area contributed by atoms with Crippen LogP contribution >= 0.6 is 11.3 Å². The van der Waals surface area contributed by atoms with Gasteiger partial charge in [0.15, 0.2) is 11.5 Å². The molecular weight excluding hydrogens is 328 g/mol. The first-order valence-corrected chi connectivity index (χ1v) is 8.63. The molecule has 2 aliphatic rings. The number of rotatable bonds is 3. The number of fused-ring (bicyclic) bond motifs is 1. The third-order valence-corrected chi connectivity index (χ3v) is 4.91. The number of nitrogens with one attached hydrogen (secondary N) is 1. The first-order chi connectivity index (χ1) is 11.7. The van der Waals surface area contributed by atoms with E-state index in [2.05, 4.69) is 5.32 Å². The zero-order valence-electron chi connectivity index (χ0n) is 12.9. The lowest BCUT2D eigenvalue weighted by Crippen LogP contribution is -2.36. The van der Waals surface area contributed by atoms with E-state index < -0.39 is 0 Å². The molecule has 4 rings (SSSR count). The third kappa shape index (κ3) is 2.82. The van der Waals surface area contributed by atoms with Crippen LogP contribution in [0.2, 0.25) is 0 Å². The molecule has 2 amide bonds. The number of hydrogen-bond acceptors (Lipinski definition) is 5. The molecule has 0 aliphatic carbocycles. The molecule has 24 heavy (non-hydrogen) atoms. The molecule has 1 aromatic heterocycles. The molecule has 1 N–H and O–H groups in total. The summed E-state index contributed by atoms with van der Waals surface area (Å²) in [7, 11) is 0. The highest BCUT2D eigenvalue weighted by molar-refractivity contribution is 7.12. The number of benzene rings is 1. The molecule has 0 radical (unpaired) electrons. The van der Waals surface area contributed by atoms with Gasteiger partial charge in [-0.2, -0.15) is 0 Å². The maximum Gasteiger partial charge on any atom is 0.261 e. The molecule has 1 saturated heterocycles. The van der Waals surface area contributed by atoms with Gasteiger partial charge in [-0.1, -0.05) is 6.07 Å². The quantitative estimate of drug-likeness (QED) is 0.925. The van der Waals surface area contributed by atoms with Crippen LogP contribution in [0.25, 0.3) is 0 Å². The van der Waals surface area contributed by atoms with Gasteiger partial charge in [-0.3, -0.25) is 9.59 Å². The summed E-state index contributed by atoms with van der Waals surface area (Å²) >= 11 is 1.39. The Hall–Kier alpha value is -2.54. The van der Waals surface area contributed by atoms with Crippen LogP contribution in [0.1, 0.15) is 16.1 Å². The monoisotopic (exact) mass is 344 g/mol. The standard InChI is InChI=1S/C17H16N2O4S/c20-16-8-11(18-17(21)15-2-1-7-24-15)10-19(16)12-3-4-13-14(9-12)23-6-5-22-13/h1-4,7,9,11H,5-6,8,10H2,(H,18,21)/t11-/m1/s1. The number of hydrogen-bond donors (Lipinski definition) is 1. The van der Waals surface area contributed by atoms with E-state index in [4.69, 9.17) is 9.47 Å². The first-order valence-electron chi connectivity index (χ1n) is 7.75. The van der Waals surface area contributed by atoms with Crippen LogP contribution in [0.5, 0.6) is 11.5 Å². The number of carbonyl (C=O) groups is 2. The van der Waals surface area contributed by atoms with E-state index in [-0.39, 0.29) is 17.9 Å². The molecule has 2 aromatic rings. The highest BCUT2D eigenvalue weighted by Gasteiger charge is 2.32. The number of thiophene rings is 1. The minimum Gasteiger partial charge on any atom is -0.486 e. The van der Waals surface area contributed by atoms with Gasteiger partial charge in [0.25, 0.3) is 5.91 Å². The van der Waals surface area contributed by atoms with Crippen molar-refractivity contribution >= 4 is 28.8 Å². The molecule has 2 aliphatic heterocycles. The Kier molecular flexibility index (Phi) is 3.86. The zero-order chi connectivity index (χ0) is 16.5. The number of nitrogens with zero attached hydrogens (tertiary/aromatic N) is 1. The molecule has 3 heterocycles. The SMILES string of the molecule is O=C(N[C@@H]1CC(=O)N(c2ccc3c(c2)OCCO3)C1)c1cccs1. The Morgan fingerprint density at radius 3 is 2.83 bits per heavy atom. The molecule has 7 heteroatoms. The fourth-order valence-electron chi connectivity index (χ4n) is 2.92. The van der Waals surface area contributed by atoms with Crippen LogP contribution in [0.4, 0.5) is 5.69 Å². The molecule has 6 nitrogen and oxygen atoms in total. The summed E-state index contributed by atoms with van der Waals surface area (Å²) in [6.45, 7) is 1.49. The van der Waals surface area contributed by atoms with Crippen LogP contribution in [-0.4, -0.2) is 37.6 Å². The number of carbonyl (C=O) groups excluding carboxylic acids is 2. The Morgan fingerprint density at radius 2 is 2.04 bits per heavy atom. The van der Waals surface area contributed by atoms with E-state index >= 15 is 0 Å². The minimum atomic E-state index is -0.194. The van der Waals surface area contributed by atoms with Gasteiger partial charge in [0, 0.05) is 24.7 Å². The van der Waals surface area contributed by atoms with E-state index in [1.807, 2.05) is 29.6 Å². The van der Waals surface area contributed by atoms with Crippen LogP contribution in [0.3, 0.4) is 0 Å². The Bertz CT molecular complexity index is 775. The predicted molar refractivity (Wildman–Crippen MR) is 90.0 cm³/mol. The lowest BCUT2D eigenvalue weighted by Gasteiger charge is -2.22. The van der Waals surface area contributed by atoms with Crippen molar-refractivity contribution in [2.24, 2.45) is 0 Å². The lowest BCUT2D eigenvalue weighted by atomic mass is 10.2. The number of anilines is 1. The molecule has 0 saturated carbocycles. The fourth-order valence-corrected chi connectivity index (χ4v) is 3.54. The maximum atomic E-state index is 12.3. The molecule has 124 valence electrons. The van der Waals surface area contributed by atoms with Crippen LogP contribution in [0, 0.1) is 0 Å². The van der Waals surface area contributed by atoms with Crippen LogP contribution < -0.4 is 19.7 Å². The van der Waals surface area contributed by atoms with Crippen molar-refractivity contribution < 1.29 is 19.1 Å². The lowest BCUT2D eigenvalue weighted by molar-refractivity contribution is -0.117. The summed E-state index contributed by atoms with van der Waals surface area (Å²) in [5, 5.41) is 4.78. The van der Waals surface area contributed by atoms with Crippen molar-refractivity contribution in [2.45, 2.75) is 12.5 Å².